The predicted molar refractivity (Wildman–Crippen MR) is 115 cm³/mol. The summed E-state index contributed by atoms with van der Waals surface area (Å²) in [7, 11) is 0. The molecule has 2 unspecified atom stereocenters. The van der Waals surface area contributed by atoms with E-state index in [1.54, 1.807) is 6.92 Å². The number of fused-ring (bicyclic) bond motifs is 1. The van der Waals surface area contributed by atoms with E-state index < -0.39 is 48.1 Å². The number of esters is 2. The van der Waals surface area contributed by atoms with E-state index in [4.69, 9.17) is 25.7 Å². The Hall–Kier alpha value is -3.06. The summed E-state index contributed by atoms with van der Waals surface area (Å²) in [4.78, 5) is 46.8. The molecular weight excluding hydrogens is 439 g/mol. The Morgan fingerprint density at radius 2 is 2.09 bits per heavy atom. The minimum absolute atomic E-state index is 0.0429. The van der Waals surface area contributed by atoms with Crippen LogP contribution in [0.2, 0.25) is 0 Å². The second kappa shape index (κ2) is 10.3. The van der Waals surface area contributed by atoms with Crippen LogP contribution in [0, 0.1) is 5.92 Å². The molecule has 182 valence electrons. The zero-order chi connectivity index (χ0) is 24.3. The average Bonchev–Trinajstić information content (AvgIpc) is 3.37. The van der Waals surface area contributed by atoms with Gasteiger partial charge in [-0.05, 0) is 12.3 Å². The van der Waals surface area contributed by atoms with Crippen LogP contribution in [-0.4, -0.2) is 62.5 Å². The zero-order valence-corrected chi connectivity index (χ0v) is 18.7. The predicted octanol–water partition coefficient (Wildman–Crippen LogP) is 0.566. The number of rotatable bonds is 9. The molecule has 5 N–H and O–H groups in total. The van der Waals surface area contributed by atoms with Gasteiger partial charge in [0.05, 0.1) is 6.33 Å². The van der Waals surface area contributed by atoms with Crippen LogP contribution in [0.4, 0.5) is 10.3 Å². The van der Waals surface area contributed by atoms with Gasteiger partial charge in [0.2, 0.25) is 5.95 Å². The highest BCUT2D eigenvalue weighted by molar-refractivity contribution is 5.82. The first-order chi connectivity index (χ1) is 15.7. The molecule has 0 spiro atoms. The van der Waals surface area contributed by atoms with Crippen LogP contribution in [0.3, 0.4) is 0 Å². The monoisotopic (exact) mass is 468 g/mol. The van der Waals surface area contributed by atoms with Crippen molar-refractivity contribution in [2.45, 2.75) is 70.7 Å². The van der Waals surface area contributed by atoms with Crippen molar-refractivity contribution in [2.75, 3.05) is 12.3 Å². The molecule has 1 saturated heterocycles. The number of nitrogens with two attached hydrogens (primary N) is 2. The zero-order valence-electron chi connectivity index (χ0n) is 18.7. The molecule has 12 nitrogen and oxygen atoms in total. The number of halogens is 1. The Kier molecular flexibility index (Phi) is 7.64. The van der Waals surface area contributed by atoms with E-state index >= 15 is 0 Å². The fraction of sp³-hybridized carbons (Fsp3) is 0.650. The number of hydrogen-bond donors (Lipinski definition) is 3. The van der Waals surface area contributed by atoms with Gasteiger partial charge in [0.15, 0.2) is 17.3 Å². The number of ether oxygens (including phenoxy) is 3. The van der Waals surface area contributed by atoms with Crippen molar-refractivity contribution in [1.29, 1.82) is 0 Å². The van der Waals surface area contributed by atoms with Gasteiger partial charge in [0, 0.05) is 6.42 Å². The third kappa shape index (κ3) is 5.30. The lowest BCUT2D eigenvalue weighted by atomic mass is 10.0. The van der Waals surface area contributed by atoms with Gasteiger partial charge in [0.25, 0.3) is 5.56 Å². The van der Waals surface area contributed by atoms with Crippen LogP contribution < -0.4 is 17.0 Å². The highest BCUT2D eigenvalue weighted by Crippen LogP contribution is 2.32. The molecule has 2 aromatic rings. The Bertz CT molecular complexity index is 1060. The van der Waals surface area contributed by atoms with Crippen molar-refractivity contribution in [3.05, 3.63) is 16.7 Å². The number of nitrogens with one attached hydrogen (secondary N) is 1. The fourth-order valence-corrected chi connectivity index (χ4v) is 3.42. The van der Waals surface area contributed by atoms with E-state index in [2.05, 4.69) is 15.0 Å². The molecule has 0 radical (unpaired) electrons. The van der Waals surface area contributed by atoms with Gasteiger partial charge in [-0.2, -0.15) is 4.98 Å². The molecule has 3 heterocycles. The molecule has 1 aliphatic rings. The summed E-state index contributed by atoms with van der Waals surface area (Å²) in [5.41, 5.74) is 11.1. The summed E-state index contributed by atoms with van der Waals surface area (Å²) in [6.07, 6.45) is -2.41. The van der Waals surface area contributed by atoms with Crippen molar-refractivity contribution in [3.63, 3.8) is 0 Å². The number of carbonyl (C=O) groups is 2. The van der Waals surface area contributed by atoms with Crippen molar-refractivity contribution in [3.8, 4) is 0 Å². The quantitative estimate of drug-likeness (QED) is 0.441. The minimum atomic E-state index is -1.46. The van der Waals surface area contributed by atoms with Gasteiger partial charge in [0.1, 0.15) is 31.2 Å². The van der Waals surface area contributed by atoms with Crippen LogP contribution in [0.5, 0.6) is 0 Å². The van der Waals surface area contributed by atoms with Crippen molar-refractivity contribution >= 4 is 29.1 Å². The molecular formula is C20H29FN6O6. The van der Waals surface area contributed by atoms with Crippen LogP contribution in [0.15, 0.2) is 11.1 Å². The van der Waals surface area contributed by atoms with Gasteiger partial charge in [-0.3, -0.25) is 19.1 Å². The maximum atomic E-state index is 14.6. The molecule has 0 aromatic carbocycles. The van der Waals surface area contributed by atoms with Gasteiger partial charge in [-0.25, -0.2) is 14.2 Å². The topological polar surface area (TPSA) is 177 Å². The van der Waals surface area contributed by atoms with Gasteiger partial charge in [-0.1, -0.05) is 27.2 Å². The van der Waals surface area contributed by atoms with Gasteiger partial charge in [-0.15, -0.1) is 0 Å². The molecule has 1 fully saturated rings. The van der Waals surface area contributed by atoms with E-state index in [-0.39, 0.29) is 42.5 Å². The number of imidazole rings is 1. The lowest BCUT2D eigenvalue weighted by molar-refractivity contribution is -0.172. The summed E-state index contributed by atoms with van der Waals surface area (Å²) < 4.78 is 32.1. The highest BCUT2D eigenvalue weighted by atomic mass is 19.1. The maximum absolute atomic E-state index is 14.6. The molecule has 2 aromatic heterocycles. The number of nitrogen functional groups attached to an aromatic ring is 1. The Morgan fingerprint density at radius 3 is 2.76 bits per heavy atom. The van der Waals surface area contributed by atoms with Crippen LogP contribution >= 0.6 is 0 Å². The third-order valence-corrected chi connectivity index (χ3v) is 5.73. The number of nitrogens with zero attached hydrogens (tertiary/aromatic N) is 3. The maximum Gasteiger partial charge on any atom is 0.347 e. The first-order valence-corrected chi connectivity index (χ1v) is 10.8. The summed E-state index contributed by atoms with van der Waals surface area (Å²) >= 11 is 0. The molecule has 0 amide bonds. The molecule has 6 atom stereocenters. The molecule has 1 aliphatic heterocycles. The Morgan fingerprint density at radius 1 is 1.36 bits per heavy atom. The van der Waals surface area contributed by atoms with Gasteiger partial charge < -0.3 is 25.7 Å². The lowest BCUT2D eigenvalue weighted by Gasteiger charge is -2.21. The van der Waals surface area contributed by atoms with E-state index in [1.807, 2.05) is 13.8 Å². The van der Waals surface area contributed by atoms with Crippen molar-refractivity contribution in [2.24, 2.45) is 11.7 Å². The molecule has 0 bridgehead atoms. The van der Waals surface area contributed by atoms with Crippen LogP contribution in [0.1, 0.15) is 46.3 Å². The normalized spacial score (nSPS) is 23.2. The molecule has 0 saturated carbocycles. The third-order valence-electron chi connectivity index (χ3n) is 5.73. The number of carbonyl (C=O) groups excluding carboxylic acids is 2. The summed E-state index contributed by atoms with van der Waals surface area (Å²) in [6.45, 7) is 4.97. The SMILES string of the molecule is CCC(OC(=O)[C@@H](N)[C@@H](C)CC)C(=O)OC[C@H]1O[C@@H](n2cnc3c(=O)[nH]c(N)nc32)CC1F. The van der Waals surface area contributed by atoms with Crippen LogP contribution in [0.25, 0.3) is 11.2 Å². The Labute approximate surface area is 188 Å². The van der Waals surface area contributed by atoms with Gasteiger partial charge >= 0.3 is 11.9 Å². The molecule has 3 rings (SSSR count). The number of hydrogen-bond acceptors (Lipinski definition) is 10. The van der Waals surface area contributed by atoms with E-state index in [0.717, 1.165) is 0 Å². The first-order valence-electron chi connectivity index (χ1n) is 10.8. The van der Waals surface area contributed by atoms with E-state index in [9.17, 15) is 18.8 Å². The van der Waals surface area contributed by atoms with Crippen molar-refractivity contribution in [1.82, 2.24) is 19.5 Å². The number of alkyl halides is 1. The first kappa shape index (κ1) is 24.6. The summed E-state index contributed by atoms with van der Waals surface area (Å²) in [5.74, 6) is -1.72. The summed E-state index contributed by atoms with van der Waals surface area (Å²) in [6, 6.07) is -0.856. The lowest BCUT2D eigenvalue weighted by Crippen LogP contribution is -2.42. The Balaban J connectivity index is 1.60. The molecule has 0 aliphatic carbocycles. The number of aromatic amines is 1. The van der Waals surface area contributed by atoms with Crippen LogP contribution in [-0.2, 0) is 23.8 Å². The smallest absolute Gasteiger partial charge is 0.347 e. The second-order valence-electron chi connectivity index (χ2n) is 8.03. The number of H-pyrrole nitrogens is 1. The largest absolute Gasteiger partial charge is 0.460 e. The number of aromatic nitrogens is 4. The highest BCUT2D eigenvalue weighted by Gasteiger charge is 2.39. The number of anilines is 1. The standard InChI is InChI=1S/C20H29FN6O6/c1-4-9(3)14(22)19(30)33-11(5-2)18(29)31-7-12-10(21)6-13(32-12)27-8-24-15-16(27)25-20(23)26-17(15)28/h8-14H,4-7,22H2,1-3H3,(H3,23,25,26,28)/t9-,10?,11?,12+,13+,14-/m0/s1. The minimum Gasteiger partial charge on any atom is -0.460 e. The molecule has 13 heteroatoms. The average molecular weight is 468 g/mol. The molecule has 33 heavy (non-hydrogen) atoms. The fourth-order valence-electron chi connectivity index (χ4n) is 3.42. The van der Waals surface area contributed by atoms with E-state index in [0.29, 0.717) is 6.42 Å². The van der Waals surface area contributed by atoms with Crippen molar-refractivity contribution < 1.29 is 28.2 Å². The second-order valence-corrected chi connectivity index (χ2v) is 8.03. The summed E-state index contributed by atoms with van der Waals surface area (Å²) in [5, 5.41) is 0. The van der Waals surface area contributed by atoms with E-state index in [1.165, 1.54) is 10.9 Å².